The predicted molar refractivity (Wildman–Crippen MR) is 124 cm³/mol. The molecule has 2 aromatic carbocycles. The highest BCUT2D eigenvalue weighted by atomic mass is 32.2. The Morgan fingerprint density at radius 2 is 1.72 bits per heavy atom. The van der Waals surface area contributed by atoms with Gasteiger partial charge < -0.3 is 9.64 Å². The molecule has 0 saturated carbocycles. The van der Waals surface area contributed by atoms with Crippen molar-refractivity contribution < 1.29 is 17.9 Å². The van der Waals surface area contributed by atoms with E-state index in [0.29, 0.717) is 31.0 Å². The van der Waals surface area contributed by atoms with E-state index in [9.17, 15) is 13.2 Å². The van der Waals surface area contributed by atoms with Crippen LogP contribution in [0.25, 0.3) is 0 Å². The summed E-state index contributed by atoms with van der Waals surface area (Å²) < 4.78 is 32.9. The van der Waals surface area contributed by atoms with E-state index in [2.05, 4.69) is 4.98 Å². The zero-order valence-electron chi connectivity index (χ0n) is 17.8. The predicted octanol–water partition coefficient (Wildman–Crippen LogP) is 3.32. The number of hydrogen-bond acceptors (Lipinski definition) is 6. The first-order valence-electron chi connectivity index (χ1n) is 10.4. The van der Waals surface area contributed by atoms with Gasteiger partial charge in [-0.15, -0.1) is 11.3 Å². The Labute approximate surface area is 192 Å². The van der Waals surface area contributed by atoms with Crippen molar-refractivity contribution in [2.75, 3.05) is 26.2 Å². The molecular weight excluding hydrogens is 446 g/mol. The van der Waals surface area contributed by atoms with Crippen LogP contribution in [0.15, 0.2) is 60.0 Å². The molecule has 3 aromatic rings. The highest BCUT2D eigenvalue weighted by Gasteiger charge is 2.30. The minimum atomic E-state index is -3.43. The summed E-state index contributed by atoms with van der Waals surface area (Å²) in [5.74, 6) is 0.312. The third kappa shape index (κ3) is 5.35. The first-order valence-corrected chi connectivity index (χ1v) is 12.8. The first-order chi connectivity index (χ1) is 15.4. The van der Waals surface area contributed by atoms with E-state index in [-0.39, 0.29) is 24.7 Å². The van der Waals surface area contributed by atoms with Gasteiger partial charge in [-0.1, -0.05) is 42.5 Å². The second-order valence-electron chi connectivity index (χ2n) is 7.58. The Morgan fingerprint density at radius 1 is 1.03 bits per heavy atom. The van der Waals surface area contributed by atoms with Gasteiger partial charge in [0.2, 0.25) is 10.0 Å². The van der Waals surface area contributed by atoms with Crippen molar-refractivity contribution in [2.24, 2.45) is 0 Å². The molecule has 0 N–H and O–H groups in total. The molecule has 1 fully saturated rings. The van der Waals surface area contributed by atoms with Crippen LogP contribution in [0.2, 0.25) is 0 Å². The molecule has 0 unspecified atom stereocenters. The second-order valence-corrected chi connectivity index (χ2v) is 10.6. The second kappa shape index (κ2) is 9.81. The van der Waals surface area contributed by atoms with Gasteiger partial charge in [0, 0.05) is 31.6 Å². The number of ether oxygens (including phenoxy) is 1. The monoisotopic (exact) mass is 471 g/mol. The molecule has 0 spiro atoms. The maximum atomic E-state index is 13.1. The van der Waals surface area contributed by atoms with Crippen LogP contribution in [-0.4, -0.2) is 54.7 Å². The Balaban J connectivity index is 1.38. The van der Waals surface area contributed by atoms with E-state index in [0.717, 1.165) is 16.3 Å². The molecular formula is C23H25N3O4S2. The lowest BCUT2D eigenvalue weighted by Gasteiger charge is -2.34. The maximum Gasteiger partial charge on any atom is 0.257 e. The number of hydrogen-bond donors (Lipinski definition) is 0. The number of para-hydroxylation sites is 1. The summed E-state index contributed by atoms with van der Waals surface area (Å²) in [6.07, 6.45) is 0. The molecule has 1 aliphatic rings. The van der Waals surface area contributed by atoms with Crippen LogP contribution < -0.4 is 4.74 Å². The summed E-state index contributed by atoms with van der Waals surface area (Å²) in [4.78, 5) is 19.2. The van der Waals surface area contributed by atoms with Gasteiger partial charge in [-0.3, -0.25) is 4.79 Å². The zero-order chi connectivity index (χ0) is 22.6. The van der Waals surface area contributed by atoms with Crippen LogP contribution in [0.4, 0.5) is 0 Å². The van der Waals surface area contributed by atoms with Gasteiger partial charge in [-0.05, 0) is 24.6 Å². The molecule has 4 rings (SSSR count). The third-order valence-corrected chi connectivity index (χ3v) is 7.94. The lowest BCUT2D eigenvalue weighted by molar-refractivity contribution is 0.0693. The van der Waals surface area contributed by atoms with Gasteiger partial charge in [0.15, 0.2) is 0 Å². The molecule has 7 nitrogen and oxygen atoms in total. The lowest BCUT2D eigenvalue weighted by atomic mass is 10.1. The fourth-order valence-corrected chi connectivity index (χ4v) is 5.72. The van der Waals surface area contributed by atoms with Crippen molar-refractivity contribution in [3.8, 4) is 5.75 Å². The molecule has 0 atom stereocenters. The van der Waals surface area contributed by atoms with Gasteiger partial charge in [0.05, 0.1) is 22.0 Å². The summed E-state index contributed by atoms with van der Waals surface area (Å²) in [5, 5.41) is 2.91. The SMILES string of the molecule is Cc1nc(COc2ccccc2C(=O)N2CCN(S(=O)(=O)Cc3ccccc3)CC2)cs1. The van der Waals surface area contributed by atoms with E-state index in [1.807, 2.05) is 36.6 Å². The first kappa shape index (κ1) is 22.4. The summed E-state index contributed by atoms with van der Waals surface area (Å²) >= 11 is 1.56. The smallest absolute Gasteiger partial charge is 0.257 e. The van der Waals surface area contributed by atoms with Crippen molar-refractivity contribution in [1.29, 1.82) is 0 Å². The van der Waals surface area contributed by atoms with E-state index < -0.39 is 10.0 Å². The number of rotatable bonds is 7. The third-order valence-electron chi connectivity index (χ3n) is 5.27. The number of carbonyl (C=O) groups excluding carboxylic acids is 1. The van der Waals surface area contributed by atoms with Crippen LogP contribution in [0, 0.1) is 6.92 Å². The average Bonchev–Trinajstić information content (AvgIpc) is 3.23. The average molecular weight is 472 g/mol. The summed E-state index contributed by atoms with van der Waals surface area (Å²) in [6.45, 7) is 3.47. The van der Waals surface area contributed by atoms with Gasteiger partial charge >= 0.3 is 0 Å². The summed E-state index contributed by atoms with van der Waals surface area (Å²) in [5.41, 5.74) is 2.06. The Kier molecular flexibility index (Phi) is 6.88. The molecule has 1 saturated heterocycles. The van der Waals surface area contributed by atoms with E-state index >= 15 is 0 Å². The topological polar surface area (TPSA) is 79.8 Å². The number of aromatic nitrogens is 1. The molecule has 0 aliphatic carbocycles. The van der Waals surface area contributed by atoms with Crippen LogP contribution in [-0.2, 0) is 22.4 Å². The van der Waals surface area contributed by atoms with Crippen LogP contribution in [0.1, 0.15) is 26.6 Å². The fourth-order valence-electron chi connectivity index (χ4n) is 3.61. The highest BCUT2D eigenvalue weighted by molar-refractivity contribution is 7.88. The standard InChI is InChI=1S/C23H25N3O4S2/c1-18-24-20(16-31-18)15-30-22-10-6-5-9-21(22)23(27)25-11-13-26(14-12-25)32(28,29)17-19-7-3-2-4-8-19/h2-10,16H,11-15,17H2,1H3. The number of amides is 1. The number of thiazole rings is 1. The molecule has 1 amide bonds. The minimum Gasteiger partial charge on any atom is -0.486 e. The molecule has 1 aliphatic heterocycles. The lowest BCUT2D eigenvalue weighted by Crippen LogP contribution is -2.50. The normalized spacial score (nSPS) is 15.0. The summed E-state index contributed by atoms with van der Waals surface area (Å²) in [7, 11) is -3.43. The summed E-state index contributed by atoms with van der Waals surface area (Å²) in [6, 6.07) is 16.3. The minimum absolute atomic E-state index is 0.0332. The number of sulfonamides is 1. The number of benzene rings is 2. The Morgan fingerprint density at radius 3 is 2.41 bits per heavy atom. The van der Waals surface area contributed by atoms with E-state index in [1.165, 1.54) is 4.31 Å². The highest BCUT2D eigenvalue weighted by Crippen LogP contribution is 2.23. The number of nitrogens with zero attached hydrogens (tertiary/aromatic N) is 3. The zero-order valence-corrected chi connectivity index (χ0v) is 19.4. The quantitative estimate of drug-likeness (QED) is 0.528. The van der Waals surface area contributed by atoms with Gasteiger partial charge in [0.25, 0.3) is 5.91 Å². The van der Waals surface area contributed by atoms with Gasteiger partial charge in [0.1, 0.15) is 12.4 Å². The number of aryl methyl sites for hydroxylation is 1. The molecule has 9 heteroatoms. The van der Waals surface area contributed by atoms with Crippen molar-refractivity contribution in [2.45, 2.75) is 19.3 Å². The van der Waals surface area contributed by atoms with Crippen LogP contribution in [0.5, 0.6) is 5.75 Å². The molecule has 2 heterocycles. The van der Waals surface area contributed by atoms with Gasteiger partial charge in [-0.2, -0.15) is 4.31 Å². The molecule has 1 aromatic heterocycles. The molecule has 0 bridgehead atoms. The molecule has 0 radical (unpaired) electrons. The van der Waals surface area contributed by atoms with Crippen molar-refractivity contribution >= 4 is 27.3 Å². The molecule has 32 heavy (non-hydrogen) atoms. The van der Waals surface area contributed by atoms with Crippen molar-refractivity contribution in [3.05, 3.63) is 81.8 Å². The van der Waals surface area contributed by atoms with E-state index in [1.54, 1.807) is 46.6 Å². The van der Waals surface area contributed by atoms with E-state index in [4.69, 9.17) is 4.74 Å². The Bertz CT molecular complexity index is 1170. The fraction of sp³-hybridized carbons (Fsp3) is 0.304. The maximum absolute atomic E-state index is 13.1. The van der Waals surface area contributed by atoms with Crippen molar-refractivity contribution in [1.82, 2.24) is 14.2 Å². The van der Waals surface area contributed by atoms with Crippen LogP contribution in [0.3, 0.4) is 0 Å². The number of carbonyl (C=O) groups is 1. The van der Waals surface area contributed by atoms with Crippen LogP contribution >= 0.6 is 11.3 Å². The largest absolute Gasteiger partial charge is 0.486 e. The van der Waals surface area contributed by atoms with Gasteiger partial charge in [-0.25, -0.2) is 13.4 Å². The molecule has 168 valence electrons. The Hall–Kier alpha value is -2.75. The number of piperazine rings is 1. The van der Waals surface area contributed by atoms with Crippen molar-refractivity contribution in [3.63, 3.8) is 0 Å².